The van der Waals surface area contributed by atoms with Crippen LogP contribution >= 0.6 is 23.4 Å². The van der Waals surface area contributed by atoms with Gasteiger partial charge in [-0.3, -0.25) is 4.57 Å². The van der Waals surface area contributed by atoms with Crippen molar-refractivity contribution in [2.24, 2.45) is 0 Å². The molecule has 0 aliphatic heterocycles. The van der Waals surface area contributed by atoms with Crippen LogP contribution in [0.25, 0.3) is 5.69 Å². The third-order valence-corrected chi connectivity index (χ3v) is 5.58. The molecule has 0 unspecified atom stereocenters. The molecule has 6 heteroatoms. The highest BCUT2D eigenvalue weighted by molar-refractivity contribution is 7.98. The lowest BCUT2D eigenvalue weighted by molar-refractivity contribution is 0.617. The average molecular weight is 374 g/mol. The number of halogens is 2. The molecule has 1 heterocycles. The number of thioether (sulfide) groups is 1. The number of aryl methyl sites for hydroxylation is 1. The van der Waals surface area contributed by atoms with E-state index < -0.39 is 0 Å². The first-order chi connectivity index (χ1) is 12.1. The normalized spacial score (nSPS) is 14.0. The number of hydrogen-bond donors (Lipinski definition) is 0. The van der Waals surface area contributed by atoms with Gasteiger partial charge in [-0.2, -0.15) is 0 Å². The van der Waals surface area contributed by atoms with E-state index in [2.05, 4.69) is 39.9 Å². The van der Waals surface area contributed by atoms with Crippen molar-refractivity contribution in [2.45, 2.75) is 36.6 Å². The van der Waals surface area contributed by atoms with E-state index in [4.69, 9.17) is 11.6 Å². The summed E-state index contributed by atoms with van der Waals surface area (Å²) in [7, 11) is 0. The Morgan fingerprint density at radius 2 is 2.00 bits per heavy atom. The van der Waals surface area contributed by atoms with Crippen molar-refractivity contribution in [1.29, 1.82) is 0 Å². The van der Waals surface area contributed by atoms with E-state index in [1.54, 1.807) is 12.1 Å². The van der Waals surface area contributed by atoms with Gasteiger partial charge in [0.1, 0.15) is 11.6 Å². The standard InChI is InChI=1S/C19H17ClFN3S/c1-12-4-2-5-14(10-12)24-18(13-8-9-13)22-23-19(24)25-11-15-16(20)6-3-7-17(15)21/h2-7,10,13H,8-9,11H2,1H3. The van der Waals surface area contributed by atoms with E-state index in [0.29, 0.717) is 22.3 Å². The summed E-state index contributed by atoms with van der Waals surface area (Å²) >= 11 is 7.60. The second kappa shape index (κ2) is 6.81. The molecule has 4 rings (SSSR count). The van der Waals surface area contributed by atoms with Crippen molar-refractivity contribution >= 4 is 23.4 Å². The molecule has 0 bridgehead atoms. The number of benzene rings is 2. The summed E-state index contributed by atoms with van der Waals surface area (Å²) in [5.41, 5.74) is 2.73. The van der Waals surface area contributed by atoms with E-state index in [9.17, 15) is 4.39 Å². The summed E-state index contributed by atoms with van der Waals surface area (Å²) in [6.45, 7) is 2.07. The Morgan fingerprint density at radius 1 is 1.20 bits per heavy atom. The summed E-state index contributed by atoms with van der Waals surface area (Å²) in [5, 5.41) is 9.99. The van der Waals surface area contributed by atoms with Gasteiger partial charge in [0.05, 0.1) is 0 Å². The molecule has 0 radical (unpaired) electrons. The molecule has 3 aromatic rings. The molecular formula is C19H17ClFN3S. The van der Waals surface area contributed by atoms with Crippen LogP contribution in [0.2, 0.25) is 5.02 Å². The molecule has 1 saturated carbocycles. The molecule has 128 valence electrons. The Hall–Kier alpha value is -1.85. The van der Waals surface area contributed by atoms with Gasteiger partial charge in [0, 0.05) is 27.9 Å². The number of hydrogen-bond acceptors (Lipinski definition) is 3. The average Bonchev–Trinajstić information content (AvgIpc) is 3.34. The molecule has 1 fully saturated rings. The Bertz CT molecular complexity index is 901. The lowest BCUT2D eigenvalue weighted by Gasteiger charge is -2.11. The van der Waals surface area contributed by atoms with Gasteiger partial charge in [-0.15, -0.1) is 10.2 Å². The molecule has 2 aromatic carbocycles. The van der Waals surface area contributed by atoms with Gasteiger partial charge in [-0.05, 0) is 49.6 Å². The first-order valence-electron chi connectivity index (χ1n) is 8.21. The van der Waals surface area contributed by atoms with Crippen LogP contribution in [0.3, 0.4) is 0 Å². The fourth-order valence-corrected chi connectivity index (χ4v) is 4.10. The Kier molecular flexibility index (Phi) is 4.52. The molecule has 0 N–H and O–H groups in total. The monoisotopic (exact) mass is 373 g/mol. The van der Waals surface area contributed by atoms with Crippen molar-refractivity contribution < 1.29 is 4.39 Å². The third-order valence-electron chi connectivity index (χ3n) is 4.27. The predicted molar refractivity (Wildman–Crippen MR) is 99.0 cm³/mol. The Morgan fingerprint density at radius 3 is 2.72 bits per heavy atom. The number of aromatic nitrogens is 3. The third kappa shape index (κ3) is 3.44. The van der Waals surface area contributed by atoms with Crippen LogP contribution in [0.1, 0.15) is 35.7 Å². The van der Waals surface area contributed by atoms with Gasteiger partial charge in [-0.25, -0.2) is 4.39 Å². The van der Waals surface area contributed by atoms with Gasteiger partial charge in [0.15, 0.2) is 5.16 Å². The minimum absolute atomic E-state index is 0.288. The van der Waals surface area contributed by atoms with Crippen molar-refractivity contribution in [2.75, 3.05) is 0 Å². The van der Waals surface area contributed by atoms with Crippen LogP contribution in [0.15, 0.2) is 47.6 Å². The van der Waals surface area contributed by atoms with Crippen LogP contribution in [-0.2, 0) is 5.75 Å². The minimum Gasteiger partial charge on any atom is -0.274 e. The van der Waals surface area contributed by atoms with Crippen molar-refractivity contribution in [1.82, 2.24) is 14.8 Å². The van der Waals surface area contributed by atoms with E-state index >= 15 is 0 Å². The van der Waals surface area contributed by atoms with Gasteiger partial charge in [0.25, 0.3) is 0 Å². The van der Waals surface area contributed by atoms with E-state index in [1.807, 2.05) is 6.07 Å². The quantitative estimate of drug-likeness (QED) is 0.550. The maximum Gasteiger partial charge on any atom is 0.196 e. The molecule has 1 aliphatic rings. The lowest BCUT2D eigenvalue weighted by atomic mass is 10.2. The summed E-state index contributed by atoms with van der Waals surface area (Å²) in [4.78, 5) is 0. The first kappa shape index (κ1) is 16.6. The summed E-state index contributed by atoms with van der Waals surface area (Å²) in [6, 6.07) is 13.0. The van der Waals surface area contributed by atoms with Crippen molar-refractivity contribution in [3.8, 4) is 5.69 Å². The minimum atomic E-state index is -0.288. The molecule has 0 amide bonds. The van der Waals surface area contributed by atoms with E-state index in [-0.39, 0.29) is 5.82 Å². The smallest absolute Gasteiger partial charge is 0.196 e. The van der Waals surface area contributed by atoms with E-state index in [0.717, 1.165) is 29.5 Å². The Labute approximate surface area is 155 Å². The Balaban J connectivity index is 1.68. The zero-order valence-corrected chi connectivity index (χ0v) is 15.3. The predicted octanol–water partition coefficient (Wildman–Crippen LogP) is 5.54. The van der Waals surface area contributed by atoms with Crippen LogP contribution in [-0.4, -0.2) is 14.8 Å². The molecule has 0 spiro atoms. The molecule has 25 heavy (non-hydrogen) atoms. The molecule has 1 aliphatic carbocycles. The lowest BCUT2D eigenvalue weighted by Crippen LogP contribution is -2.02. The highest BCUT2D eigenvalue weighted by atomic mass is 35.5. The van der Waals surface area contributed by atoms with Crippen LogP contribution in [0, 0.1) is 12.7 Å². The van der Waals surface area contributed by atoms with Crippen LogP contribution < -0.4 is 0 Å². The molecule has 1 aromatic heterocycles. The molecule has 0 saturated heterocycles. The van der Waals surface area contributed by atoms with Crippen LogP contribution in [0.5, 0.6) is 0 Å². The summed E-state index contributed by atoms with van der Waals surface area (Å²) in [5.74, 6) is 1.59. The molecular weight excluding hydrogens is 357 g/mol. The second-order valence-electron chi connectivity index (χ2n) is 6.28. The van der Waals surface area contributed by atoms with Crippen LogP contribution in [0.4, 0.5) is 4.39 Å². The first-order valence-corrected chi connectivity index (χ1v) is 9.58. The fourth-order valence-electron chi connectivity index (χ4n) is 2.80. The molecule has 3 nitrogen and oxygen atoms in total. The largest absolute Gasteiger partial charge is 0.274 e. The summed E-state index contributed by atoms with van der Waals surface area (Å²) < 4.78 is 16.1. The highest BCUT2D eigenvalue weighted by Crippen LogP contribution is 2.41. The van der Waals surface area contributed by atoms with Gasteiger partial charge >= 0.3 is 0 Å². The number of rotatable bonds is 5. The van der Waals surface area contributed by atoms with E-state index in [1.165, 1.54) is 23.4 Å². The SMILES string of the molecule is Cc1cccc(-n2c(SCc3c(F)cccc3Cl)nnc2C2CC2)c1. The zero-order valence-electron chi connectivity index (χ0n) is 13.7. The topological polar surface area (TPSA) is 30.7 Å². The van der Waals surface area contributed by atoms with Crippen molar-refractivity contribution in [3.63, 3.8) is 0 Å². The zero-order chi connectivity index (χ0) is 17.4. The highest BCUT2D eigenvalue weighted by Gasteiger charge is 2.31. The second-order valence-corrected chi connectivity index (χ2v) is 7.63. The maximum absolute atomic E-state index is 14.0. The fraction of sp³-hybridized carbons (Fsp3) is 0.263. The van der Waals surface area contributed by atoms with Gasteiger partial charge in [-0.1, -0.05) is 41.6 Å². The van der Waals surface area contributed by atoms with Gasteiger partial charge < -0.3 is 0 Å². The summed E-state index contributed by atoms with van der Waals surface area (Å²) in [6.07, 6.45) is 2.29. The van der Waals surface area contributed by atoms with Gasteiger partial charge in [0.2, 0.25) is 0 Å². The van der Waals surface area contributed by atoms with Crippen molar-refractivity contribution in [3.05, 3.63) is 70.3 Å². The number of nitrogens with zero attached hydrogens (tertiary/aromatic N) is 3. The maximum atomic E-state index is 14.0. The molecule has 0 atom stereocenters.